The molecule has 1 saturated heterocycles. The van der Waals surface area contributed by atoms with Gasteiger partial charge in [0.1, 0.15) is 0 Å². The highest BCUT2D eigenvalue weighted by Gasteiger charge is 2.33. The quantitative estimate of drug-likeness (QED) is 0.757. The van der Waals surface area contributed by atoms with Gasteiger partial charge in [0.05, 0.1) is 17.9 Å². The van der Waals surface area contributed by atoms with Crippen LogP contribution in [0, 0.1) is 23.2 Å². The van der Waals surface area contributed by atoms with Crippen LogP contribution in [0.15, 0.2) is 0 Å². The van der Waals surface area contributed by atoms with E-state index in [1.165, 1.54) is 19.3 Å². The van der Waals surface area contributed by atoms with Gasteiger partial charge in [0.2, 0.25) is 5.91 Å². The van der Waals surface area contributed by atoms with Crippen molar-refractivity contribution in [2.24, 2.45) is 17.6 Å². The minimum absolute atomic E-state index is 0.0126. The number of nitriles is 1. The Morgan fingerprint density at radius 2 is 1.94 bits per heavy atom. The maximum Gasteiger partial charge on any atom is 0.221 e. The van der Waals surface area contributed by atoms with Crippen molar-refractivity contribution in [2.75, 3.05) is 13.1 Å². The summed E-state index contributed by atoms with van der Waals surface area (Å²) in [5, 5.41) is 9.32. The van der Waals surface area contributed by atoms with Gasteiger partial charge in [0, 0.05) is 12.6 Å². The minimum atomic E-state index is -0.179. The zero-order valence-electron chi connectivity index (χ0n) is 11.0. The fourth-order valence-electron chi connectivity index (χ4n) is 3.42. The SMILES string of the molecule is N#CC1CCCCCC1N1CCCC(C(N)=O)C1. The van der Waals surface area contributed by atoms with Crippen molar-refractivity contribution < 1.29 is 4.79 Å². The molecule has 18 heavy (non-hydrogen) atoms. The fraction of sp³-hybridized carbons (Fsp3) is 0.857. The topological polar surface area (TPSA) is 70.1 Å². The minimum Gasteiger partial charge on any atom is -0.369 e. The zero-order valence-corrected chi connectivity index (χ0v) is 11.0. The molecule has 0 spiro atoms. The molecule has 1 saturated carbocycles. The molecular weight excluding hydrogens is 226 g/mol. The maximum absolute atomic E-state index is 11.3. The van der Waals surface area contributed by atoms with Crippen LogP contribution in [0.2, 0.25) is 0 Å². The van der Waals surface area contributed by atoms with Crippen LogP contribution >= 0.6 is 0 Å². The summed E-state index contributed by atoms with van der Waals surface area (Å²) in [4.78, 5) is 13.7. The smallest absolute Gasteiger partial charge is 0.221 e. The van der Waals surface area contributed by atoms with Crippen molar-refractivity contribution >= 4 is 5.91 Å². The van der Waals surface area contributed by atoms with Crippen LogP contribution in [-0.2, 0) is 4.79 Å². The lowest BCUT2D eigenvalue weighted by molar-refractivity contribution is -0.123. The molecule has 100 valence electrons. The van der Waals surface area contributed by atoms with E-state index in [1.807, 2.05) is 0 Å². The molecule has 1 amide bonds. The number of rotatable bonds is 2. The molecular formula is C14H23N3O. The molecule has 0 radical (unpaired) electrons. The van der Waals surface area contributed by atoms with Gasteiger partial charge in [0.15, 0.2) is 0 Å². The average molecular weight is 249 g/mol. The molecule has 1 aliphatic heterocycles. The van der Waals surface area contributed by atoms with E-state index in [1.54, 1.807) is 0 Å². The number of carbonyl (C=O) groups is 1. The number of amides is 1. The zero-order chi connectivity index (χ0) is 13.0. The largest absolute Gasteiger partial charge is 0.369 e. The van der Waals surface area contributed by atoms with Gasteiger partial charge in [-0.25, -0.2) is 0 Å². The second-order valence-electron chi connectivity index (χ2n) is 5.68. The first-order valence-electron chi connectivity index (χ1n) is 7.15. The van der Waals surface area contributed by atoms with Crippen LogP contribution in [0.4, 0.5) is 0 Å². The molecule has 3 unspecified atom stereocenters. The van der Waals surface area contributed by atoms with Gasteiger partial charge in [-0.05, 0) is 32.2 Å². The van der Waals surface area contributed by atoms with Crippen LogP contribution in [0.1, 0.15) is 44.9 Å². The summed E-state index contributed by atoms with van der Waals surface area (Å²) in [6.07, 6.45) is 7.67. The normalized spacial score (nSPS) is 34.5. The summed E-state index contributed by atoms with van der Waals surface area (Å²) in [6.45, 7) is 1.78. The lowest BCUT2D eigenvalue weighted by Crippen LogP contribution is -2.48. The van der Waals surface area contributed by atoms with E-state index in [4.69, 9.17) is 5.73 Å². The Morgan fingerprint density at radius 1 is 1.17 bits per heavy atom. The number of hydrogen-bond donors (Lipinski definition) is 1. The number of hydrogen-bond acceptors (Lipinski definition) is 3. The van der Waals surface area contributed by atoms with Crippen molar-refractivity contribution in [3.8, 4) is 6.07 Å². The lowest BCUT2D eigenvalue weighted by Gasteiger charge is -2.38. The Bertz CT molecular complexity index is 336. The van der Waals surface area contributed by atoms with Gasteiger partial charge in [-0.1, -0.05) is 19.3 Å². The molecule has 0 aromatic heterocycles. The van der Waals surface area contributed by atoms with Gasteiger partial charge in [-0.3, -0.25) is 9.69 Å². The number of primary amides is 1. The summed E-state index contributed by atoms with van der Waals surface area (Å²) in [5.41, 5.74) is 5.43. The fourth-order valence-corrected chi connectivity index (χ4v) is 3.42. The number of nitrogens with zero attached hydrogens (tertiary/aromatic N) is 2. The Kier molecular flexibility index (Phi) is 4.60. The predicted octanol–water partition coefficient (Wildman–Crippen LogP) is 1.66. The molecule has 4 heteroatoms. The van der Waals surface area contributed by atoms with Gasteiger partial charge >= 0.3 is 0 Å². The molecule has 2 N–H and O–H groups in total. The third-order valence-electron chi connectivity index (χ3n) is 4.47. The third kappa shape index (κ3) is 3.02. The predicted molar refractivity (Wildman–Crippen MR) is 69.5 cm³/mol. The summed E-state index contributed by atoms with van der Waals surface area (Å²) >= 11 is 0. The van der Waals surface area contributed by atoms with Crippen molar-refractivity contribution in [1.82, 2.24) is 4.90 Å². The van der Waals surface area contributed by atoms with Gasteiger partial charge in [-0.2, -0.15) is 5.26 Å². The number of piperidine rings is 1. The van der Waals surface area contributed by atoms with Crippen LogP contribution in [0.3, 0.4) is 0 Å². The van der Waals surface area contributed by atoms with E-state index in [-0.39, 0.29) is 17.7 Å². The molecule has 0 aromatic rings. The molecule has 4 nitrogen and oxygen atoms in total. The van der Waals surface area contributed by atoms with Crippen molar-refractivity contribution in [2.45, 2.75) is 51.0 Å². The molecule has 1 aliphatic carbocycles. The molecule has 0 bridgehead atoms. The number of nitrogens with two attached hydrogens (primary N) is 1. The van der Waals surface area contributed by atoms with E-state index >= 15 is 0 Å². The van der Waals surface area contributed by atoms with Crippen molar-refractivity contribution in [3.05, 3.63) is 0 Å². The molecule has 2 rings (SSSR count). The molecule has 0 aromatic carbocycles. The Balaban J connectivity index is 2.03. The Hall–Kier alpha value is -1.08. The average Bonchev–Trinajstić information content (AvgIpc) is 2.63. The van der Waals surface area contributed by atoms with E-state index in [9.17, 15) is 10.1 Å². The van der Waals surface area contributed by atoms with E-state index in [0.29, 0.717) is 6.04 Å². The van der Waals surface area contributed by atoms with E-state index < -0.39 is 0 Å². The lowest BCUT2D eigenvalue weighted by atomic mass is 9.90. The standard InChI is InChI=1S/C14H23N3O/c15-9-11-5-2-1-3-7-13(11)17-8-4-6-12(10-17)14(16)18/h11-13H,1-8,10H2,(H2,16,18). The Morgan fingerprint density at radius 3 is 2.67 bits per heavy atom. The monoisotopic (exact) mass is 249 g/mol. The van der Waals surface area contributed by atoms with Gasteiger partial charge in [-0.15, -0.1) is 0 Å². The maximum atomic E-state index is 11.3. The van der Waals surface area contributed by atoms with Crippen LogP contribution < -0.4 is 5.73 Å². The molecule has 2 aliphatic rings. The van der Waals surface area contributed by atoms with Crippen LogP contribution in [0.25, 0.3) is 0 Å². The highest BCUT2D eigenvalue weighted by Crippen LogP contribution is 2.30. The second kappa shape index (κ2) is 6.19. The third-order valence-corrected chi connectivity index (χ3v) is 4.47. The summed E-state index contributed by atoms with van der Waals surface area (Å²) in [5.74, 6) is -0.0534. The second-order valence-corrected chi connectivity index (χ2v) is 5.68. The van der Waals surface area contributed by atoms with Crippen molar-refractivity contribution in [3.63, 3.8) is 0 Å². The molecule has 1 heterocycles. The highest BCUT2D eigenvalue weighted by molar-refractivity contribution is 5.76. The van der Waals surface area contributed by atoms with Crippen molar-refractivity contribution in [1.29, 1.82) is 5.26 Å². The van der Waals surface area contributed by atoms with Crippen LogP contribution in [0.5, 0.6) is 0 Å². The van der Waals surface area contributed by atoms with Crippen LogP contribution in [-0.4, -0.2) is 29.9 Å². The molecule has 2 fully saturated rings. The van der Waals surface area contributed by atoms with Gasteiger partial charge < -0.3 is 5.73 Å². The van der Waals surface area contributed by atoms with E-state index in [2.05, 4.69) is 11.0 Å². The van der Waals surface area contributed by atoms with E-state index in [0.717, 1.165) is 38.8 Å². The first-order chi connectivity index (χ1) is 8.72. The first kappa shape index (κ1) is 13.4. The number of carbonyl (C=O) groups excluding carboxylic acids is 1. The summed E-state index contributed by atoms with van der Waals surface area (Å²) < 4.78 is 0. The Labute approximate surface area is 109 Å². The number of likely N-dealkylation sites (tertiary alicyclic amines) is 1. The summed E-state index contributed by atoms with van der Waals surface area (Å²) in [6, 6.07) is 2.82. The molecule has 3 atom stereocenters. The summed E-state index contributed by atoms with van der Waals surface area (Å²) in [7, 11) is 0. The highest BCUT2D eigenvalue weighted by atomic mass is 16.1. The first-order valence-corrected chi connectivity index (χ1v) is 7.15. The van der Waals surface area contributed by atoms with Gasteiger partial charge in [0.25, 0.3) is 0 Å².